The maximum Gasteiger partial charge on any atom is 0.267 e. The van der Waals surface area contributed by atoms with Crippen molar-refractivity contribution >= 4 is 17.2 Å². The molecule has 1 atom stereocenters. The molecular formula is C16H19N3O2S. The lowest BCUT2D eigenvalue weighted by molar-refractivity contribution is -0.130. The van der Waals surface area contributed by atoms with Gasteiger partial charge in [-0.3, -0.25) is 4.79 Å². The number of carbonyl (C=O) groups is 1. The molecule has 116 valence electrons. The fraction of sp³-hybridized carbons (Fsp3) is 0.562. The van der Waals surface area contributed by atoms with Crippen LogP contribution < -0.4 is 0 Å². The second kappa shape index (κ2) is 5.83. The summed E-state index contributed by atoms with van der Waals surface area (Å²) in [5.41, 5.74) is 0. The first-order chi connectivity index (χ1) is 10.8. The first kappa shape index (κ1) is 13.9. The molecule has 2 aromatic heterocycles. The van der Waals surface area contributed by atoms with Crippen LogP contribution in [0, 0.1) is 0 Å². The highest BCUT2D eigenvalue weighted by atomic mass is 32.1. The molecule has 6 heteroatoms. The van der Waals surface area contributed by atoms with Crippen LogP contribution in [0.25, 0.3) is 10.8 Å². The molecule has 1 aliphatic heterocycles. The summed E-state index contributed by atoms with van der Waals surface area (Å²) >= 11 is 1.58. The van der Waals surface area contributed by atoms with Gasteiger partial charge in [0, 0.05) is 24.9 Å². The lowest BCUT2D eigenvalue weighted by atomic mass is 9.94. The van der Waals surface area contributed by atoms with E-state index in [1.54, 1.807) is 11.3 Å². The van der Waals surface area contributed by atoms with Crippen LogP contribution >= 0.6 is 11.3 Å². The third kappa shape index (κ3) is 2.56. The summed E-state index contributed by atoms with van der Waals surface area (Å²) in [4.78, 5) is 19.9. The first-order valence-electron chi connectivity index (χ1n) is 7.98. The van der Waals surface area contributed by atoms with Crippen molar-refractivity contribution in [1.82, 2.24) is 15.0 Å². The largest absolute Gasteiger partial charge is 0.339 e. The number of carbonyl (C=O) groups excluding carboxylic acids is 1. The van der Waals surface area contributed by atoms with E-state index in [1.165, 1.54) is 19.3 Å². The van der Waals surface area contributed by atoms with Gasteiger partial charge >= 0.3 is 0 Å². The van der Waals surface area contributed by atoms with E-state index in [9.17, 15) is 4.79 Å². The van der Waals surface area contributed by atoms with Crippen LogP contribution in [0.2, 0.25) is 0 Å². The van der Waals surface area contributed by atoms with Gasteiger partial charge in [0.25, 0.3) is 5.89 Å². The predicted molar refractivity (Wildman–Crippen MR) is 83.6 cm³/mol. The minimum atomic E-state index is 0.0758. The number of amides is 1. The summed E-state index contributed by atoms with van der Waals surface area (Å²) in [6.07, 6.45) is 6.58. The average molecular weight is 317 g/mol. The minimum Gasteiger partial charge on any atom is -0.339 e. The Kier molecular flexibility index (Phi) is 3.70. The van der Waals surface area contributed by atoms with Crippen molar-refractivity contribution in [2.24, 2.45) is 0 Å². The fourth-order valence-electron chi connectivity index (χ4n) is 3.55. The monoisotopic (exact) mass is 317 g/mol. The Bertz CT molecular complexity index is 646. The highest BCUT2D eigenvalue weighted by molar-refractivity contribution is 7.13. The Balaban J connectivity index is 1.48. The van der Waals surface area contributed by atoms with Crippen LogP contribution in [0.4, 0.5) is 0 Å². The zero-order valence-electron chi connectivity index (χ0n) is 12.4. The van der Waals surface area contributed by atoms with Gasteiger partial charge in [-0.15, -0.1) is 11.3 Å². The third-order valence-electron chi connectivity index (χ3n) is 4.71. The van der Waals surface area contributed by atoms with Crippen LogP contribution in [-0.2, 0) is 4.79 Å². The Morgan fingerprint density at radius 3 is 2.91 bits per heavy atom. The molecule has 3 heterocycles. The van der Waals surface area contributed by atoms with E-state index >= 15 is 0 Å². The van der Waals surface area contributed by atoms with Crippen molar-refractivity contribution in [3.05, 3.63) is 23.3 Å². The Hall–Kier alpha value is -1.69. The zero-order valence-corrected chi connectivity index (χ0v) is 13.2. The van der Waals surface area contributed by atoms with Gasteiger partial charge in [0.1, 0.15) is 0 Å². The number of hydrogen-bond acceptors (Lipinski definition) is 5. The summed E-state index contributed by atoms with van der Waals surface area (Å²) < 4.78 is 5.36. The second-order valence-electron chi connectivity index (χ2n) is 6.17. The first-order valence-corrected chi connectivity index (χ1v) is 8.86. The van der Waals surface area contributed by atoms with Crippen LogP contribution in [-0.4, -0.2) is 33.5 Å². The van der Waals surface area contributed by atoms with Gasteiger partial charge in [0.2, 0.25) is 5.91 Å². The van der Waals surface area contributed by atoms with Gasteiger partial charge in [-0.2, -0.15) is 4.98 Å². The summed E-state index contributed by atoms with van der Waals surface area (Å²) in [6, 6.07) is 4.36. The third-order valence-corrected chi connectivity index (χ3v) is 5.57. The Morgan fingerprint density at radius 1 is 1.27 bits per heavy atom. The summed E-state index contributed by atoms with van der Waals surface area (Å²) in [5.74, 6) is 1.56. The van der Waals surface area contributed by atoms with Crippen LogP contribution in [0.5, 0.6) is 0 Å². The van der Waals surface area contributed by atoms with E-state index in [2.05, 4.69) is 15.0 Å². The molecule has 1 saturated carbocycles. The predicted octanol–water partition coefficient (Wildman–Crippen LogP) is 3.45. The van der Waals surface area contributed by atoms with Crippen LogP contribution in [0.15, 0.2) is 22.0 Å². The number of likely N-dealkylation sites (tertiary alicyclic amines) is 1. The molecule has 1 saturated heterocycles. The molecular weight excluding hydrogens is 298 g/mol. The molecule has 0 N–H and O–H groups in total. The van der Waals surface area contributed by atoms with E-state index in [1.807, 2.05) is 17.5 Å². The Labute approximate surface area is 133 Å². The molecule has 0 bridgehead atoms. The topological polar surface area (TPSA) is 59.2 Å². The quantitative estimate of drug-likeness (QED) is 0.870. The Morgan fingerprint density at radius 2 is 2.14 bits per heavy atom. The molecule has 1 amide bonds. The molecule has 22 heavy (non-hydrogen) atoms. The number of hydrogen-bond donors (Lipinski definition) is 0. The lowest BCUT2D eigenvalue weighted by Gasteiger charge is -2.31. The number of rotatable bonds is 3. The van der Waals surface area contributed by atoms with E-state index in [-0.39, 0.29) is 11.8 Å². The van der Waals surface area contributed by atoms with Gasteiger partial charge < -0.3 is 9.42 Å². The highest BCUT2D eigenvalue weighted by Crippen LogP contribution is 2.33. The van der Waals surface area contributed by atoms with Gasteiger partial charge in [-0.05, 0) is 24.3 Å². The number of thiophene rings is 1. The highest BCUT2D eigenvalue weighted by Gasteiger charge is 2.37. The summed E-state index contributed by atoms with van der Waals surface area (Å²) in [5, 5.41) is 6.10. The lowest BCUT2D eigenvalue weighted by Crippen LogP contribution is -2.37. The molecule has 0 spiro atoms. The number of aromatic nitrogens is 2. The molecule has 5 nitrogen and oxygen atoms in total. The van der Waals surface area contributed by atoms with Crippen LogP contribution in [0.3, 0.4) is 0 Å². The molecule has 2 fully saturated rings. The van der Waals surface area contributed by atoms with Crippen molar-refractivity contribution in [3.63, 3.8) is 0 Å². The van der Waals surface area contributed by atoms with Gasteiger partial charge in [0.05, 0.1) is 4.88 Å². The van der Waals surface area contributed by atoms with Gasteiger partial charge in [-0.25, -0.2) is 0 Å². The zero-order chi connectivity index (χ0) is 14.9. The molecule has 0 unspecified atom stereocenters. The molecule has 2 aliphatic rings. The molecule has 2 aromatic rings. The molecule has 4 rings (SSSR count). The molecule has 0 radical (unpaired) electrons. The minimum absolute atomic E-state index is 0.0758. The maximum atomic E-state index is 12.3. The SMILES string of the molecule is O=C1C[C@H](c2noc(-c3cccs3)n2)CN1C1CCCCC1. The molecule has 1 aliphatic carbocycles. The van der Waals surface area contributed by atoms with E-state index in [4.69, 9.17) is 4.52 Å². The van der Waals surface area contributed by atoms with E-state index in [0.717, 1.165) is 24.3 Å². The van der Waals surface area contributed by atoms with Gasteiger partial charge in [0.15, 0.2) is 5.82 Å². The maximum absolute atomic E-state index is 12.3. The molecule has 0 aromatic carbocycles. The average Bonchev–Trinajstić information content (AvgIpc) is 3.28. The van der Waals surface area contributed by atoms with Crippen molar-refractivity contribution in [2.75, 3.05) is 6.54 Å². The van der Waals surface area contributed by atoms with Crippen molar-refractivity contribution in [3.8, 4) is 10.8 Å². The van der Waals surface area contributed by atoms with Gasteiger partial charge in [-0.1, -0.05) is 30.5 Å². The number of nitrogens with zero attached hydrogens (tertiary/aromatic N) is 3. The van der Waals surface area contributed by atoms with E-state index < -0.39 is 0 Å². The standard InChI is InChI=1S/C16H19N3O2S/c20-14-9-11(10-19(14)12-5-2-1-3-6-12)15-17-16(21-18-15)13-7-4-8-22-13/h4,7-8,11-12H,1-3,5-6,9-10H2/t11-/m0/s1. The normalized spacial score (nSPS) is 23.4. The van der Waals surface area contributed by atoms with Crippen LogP contribution in [0.1, 0.15) is 50.3 Å². The summed E-state index contributed by atoms with van der Waals surface area (Å²) in [7, 11) is 0. The van der Waals surface area contributed by atoms with Crippen molar-refractivity contribution < 1.29 is 9.32 Å². The van der Waals surface area contributed by atoms with Crippen molar-refractivity contribution in [1.29, 1.82) is 0 Å². The van der Waals surface area contributed by atoms with E-state index in [0.29, 0.717) is 24.2 Å². The second-order valence-corrected chi connectivity index (χ2v) is 7.12. The fourth-order valence-corrected chi connectivity index (χ4v) is 4.20. The van der Waals surface area contributed by atoms with Crippen molar-refractivity contribution in [2.45, 2.75) is 50.5 Å². The smallest absolute Gasteiger partial charge is 0.267 e. The summed E-state index contributed by atoms with van der Waals surface area (Å²) in [6.45, 7) is 0.743.